The quantitative estimate of drug-likeness (QED) is 0.207. The Hall–Kier alpha value is -1.26. The van der Waals surface area contributed by atoms with Crippen LogP contribution in [0.5, 0.6) is 0 Å². The topological polar surface area (TPSA) is 168 Å². The van der Waals surface area contributed by atoms with Crippen LogP contribution < -0.4 is 5.32 Å². The lowest BCUT2D eigenvalue weighted by Gasteiger charge is -2.40. The number of azide groups is 1. The zero-order chi connectivity index (χ0) is 13.7. The molecule has 0 aromatic rings. The number of hydrogen-bond donors (Lipinski definition) is 5. The maximum absolute atomic E-state index is 10.9. The summed E-state index contributed by atoms with van der Waals surface area (Å²) in [7, 11) is 0. The maximum Gasteiger partial charge on any atom is 0.232 e. The van der Waals surface area contributed by atoms with E-state index >= 15 is 0 Å². The first-order valence-electron chi connectivity index (χ1n) is 5.13. The van der Waals surface area contributed by atoms with Gasteiger partial charge >= 0.3 is 0 Å². The molecule has 1 saturated heterocycles. The van der Waals surface area contributed by atoms with Crippen LogP contribution in [0.3, 0.4) is 0 Å². The Bertz CT molecular complexity index is 346. The molecule has 0 saturated carbocycles. The van der Waals surface area contributed by atoms with Gasteiger partial charge in [-0.25, -0.2) is 0 Å². The Morgan fingerprint density at radius 3 is 2.61 bits per heavy atom. The van der Waals surface area contributed by atoms with Gasteiger partial charge < -0.3 is 30.5 Å². The minimum atomic E-state index is -1.51. The summed E-state index contributed by atoms with van der Waals surface area (Å²) in [5, 5.41) is 42.8. The molecule has 0 aliphatic carbocycles. The number of aliphatic hydroxyl groups excluding tert-OH is 4. The zero-order valence-electron chi connectivity index (χ0n) is 9.25. The van der Waals surface area contributed by atoms with E-state index in [0.29, 0.717) is 0 Å². The first-order chi connectivity index (χ1) is 8.51. The highest BCUT2D eigenvalue weighted by molar-refractivity contribution is 5.78. The third kappa shape index (κ3) is 3.37. The summed E-state index contributed by atoms with van der Waals surface area (Å²) in [6.45, 7) is -0.998. The SMILES string of the molecule is [N-]=[N+]=NC(=O)CN[C@@H]1C(O)O[C@H](CO)[C@@H](O)[C@@H]1O. The van der Waals surface area contributed by atoms with E-state index in [1.54, 1.807) is 0 Å². The highest BCUT2D eigenvalue weighted by atomic mass is 16.6. The summed E-state index contributed by atoms with van der Waals surface area (Å²) >= 11 is 0. The standard InChI is InChI=1S/C8H14N4O6/c9-12-11-4(14)1-10-5-7(16)6(15)3(2-13)18-8(5)17/h3,5-8,10,13,15-17H,1-2H2/t3-,5+,6-,7-,8?/m1/s1. The lowest BCUT2D eigenvalue weighted by molar-refractivity contribution is -0.254. The number of carbonyl (C=O) groups is 1. The third-order valence-electron chi connectivity index (χ3n) is 2.55. The minimum Gasteiger partial charge on any atom is -0.394 e. The van der Waals surface area contributed by atoms with Gasteiger partial charge in [-0.1, -0.05) is 0 Å². The molecule has 1 rings (SSSR count). The molecule has 5 atom stereocenters. The van der Waals surface area contributed by atoms with E-state index in [9.17, 15) is 20.1 Å². The minimum absolute atomic E-state index is 0.428. The number of amides is 1. The highest BCUT2D eigenvalue weighted by Gasteiger charge is 2.43. The second-order valence-corrected chi connectivity index (χ2v) is 3.72. The average molecular weight is 262 g/mol. The van der Waals surface area contributed by atoms with E-state index in [4.69, 9.17) is 15.4 Å². The van der Waals surface area contributed by atoms with Crippen molar-refractivity contribution in [1.82, 2.24) is 5.32 Å². The summed E-state index contributed by atoms with van der Waals surface area (Å²) < 4.78 is 4.84. The molecule has 1 unspecified atom stereocenters. The summed E-state index contributed by atoms with van der Waals surface area (Å²) in [5.74, 6) is -0.837. The Kier molecular flexibility index (Phi) is 5.44. The van der Waals surface area contributed by atoms with Gasteiger partial charge in [-0.05, 0) is 10.6 Å². The molecule has 1 heterocycles. The molecule has 1 fully saturated rings. The van der Waals surface area contributed by atoms with Crippen molar-refractivity contribution in [3.8, 4) is 0 Å². The van der Waals surface area contributed by atoms with E-state index in [-0.39, 0.29) is 0 Å². The van der Waals surface area contributed by atoms with Crippen molar-refractivity contribution in [2.24, 2.45) is 5.11 Å². The van der Waals surface area contributed by atoms with Crippen LogP contribution in [0.2, 0.25) is 0 Å². The summed E-state index contributed by atoms with van der Waals surface area (Å²) in [6.07, 6.45) is -5.48. The summed E-state index contributed by atoms with van der Waals surface area (Å²) in [5.41, 5.74) is 8.00. The van der Waals surface area contributed by atoms with E-state index in [1.165, 1.54) is 0 Å². The van der Waals surface area contributed by atoms with Crippen molar-refractivity contribution in [1.29, 1.82) is 0 Å². The Morgan fingerprint density at radius 2 is 2.06 bits per heavy atom. The highest BCUT2D eigenvalue weighted by Crippen LogP contribution is 2.19. The van der Waals surface area contributed by atoms with Gasteiger partial charge in [-0.15, -0.1) is 0 Å². The molecule has 18 heavy (non-hydrogen) atoms. The number of ether oxygens (including phenoxy) is 1. The van der Waals surface area contributed by atoms with Gasteiger partial charge in [-0.3, -0.25) is 4.79 Å². The monoisotopic (exact) mass is 262 g/mol. The van der Waals surface area contributed by atoms with Crippen molar-refractivity contribution in [2.75, 3.05) is 13.2 Å². The van der Waals surface area contributed by atoms with Crippen LogP contribution in [0, 0.1) is 0 Å². The Morgan fingerprint density at radius 1 is 1.39 bits per heavy atom. The Labute approximate surface area is 101 Å². The van der Waals surface area contributed by atoms with Gasteiger partial charge in [0.1, 0.15) is 18.3 Å². The van der Waals surface area contributed by atoms with Gasteiger partial charge in [0.25, 0.3) is 0 Å². The van der Waals surface area contributed by atoms with E-state index < -0.39 is 49.7 Å². The van der Waals surface area contributed by atoms with E-state index in [0.717, 1.165) is 0 Å². The molecule has 1 aliphatic heterocycles. The second-order valence-electron chi connectivity index (χ2n) is 3.72. The maximum atomic E-state index is 10.9. The summed E-state index contributed by atoms with van der Waals surface area (Å²) in [6, 6.07) is -1.14. The van der Waals surface area contributed by atoms with Crippen LogP contribution in [0.25, 0.3) is 10.4 Å². The number of aliphatic hydroxyl groups is 4. The first kappa shape index (κ1) is 14.8. The number of nitrogens with zero attached hydrogens (tertiary/aromatic N) is 3. The normalized spacial score (nSPS) is 35.9. The van der Waals surface area contributed by atoms with E-state index in [1.807, 2.05) is 0 Å². The van der Waals surface area contributed by atoms with Gasteiger partial charge in [0, 0.05) is 4.91 Å². The van der Waals surface area contributed by atoms with Gasteiger partial charge in [0.15, 0.2) is 6.29 Å². The molecule has 102 valence electrons. The van der Waals surface area contributed by atoms with Crippen LogP contribution >= 0.6 is 0 Å². The fourth-order valence-electron chi connectivity index (χ4n) is 1.61. The fraction of sp³-hybridized carbons (Fsp3) is 0.875. The third-order valence-corrected chi connectivity index (χ3v) is 2.55. The van der Waals surface area contributed by atoms with E-state index in [2.05, 4.69) is 15.3 Å². The summed E-state index contributed by atoms with van der Waals surface area (Å²) in [4.78, 5) is 13.2. The lowest BCUT2D eigenvalue weighted by Crippen LogP contribution is -2.63. The van der Waals surface area contributed by atoms with Gasteiger partial charge in [0.05, 0.1) is 19.2 Å². The van der Waals surface area contributed by atoms with Crippen molar-refractivity contribution < 1.29 is 30.0 Å². The van der Waals surface area contributed by atoms with Crippen LogP contribution in [-0.4, -0.2) is 70.1 Å². The van der Waals surface area contributed by atoms with Crippen molar-refractivity contribution in [3.05, 3.63) is 10.4 Å². The van der Waals surface area contributed by atoms with Crippen LogP contribution in [0.1, 0.15) is 0 Å². The number of hydrogen-bond acceptors (Lipinski definition) is 7. The molecule has 1 aliphatic rings. The van der Waals surface area contributed by atoms with Crippen molar-refractivity contribution in [3.63, 3.8) is 0 Å². The fourth-order valence-corrected chi connectivity index (χ4v) is 1.61. The van der Waals surface area contributed by atoms with Crippen molar-refractivity contribution in [2.45, 2.75) is 30.6 Å². The van der Waals surface area contributed by atoms with Crippen molar-refractivity contribution >= 4 is 5.91 Å². The molecule has 0 aromatic heterocycles. The molecule has 1 amide bonds. The van der Waals surface area contributed by atoms with Crippen LogP contribution in [0.15, 0.2) is 5.11 Å². The zero-order valence-corrected chi connectivity index (χ0v) is 9.25. The predicted molar refractivity (Wildman–Crippen MR) is 55.9 cm³/mol. The largest absolute Gasteiger partial charge is 0.394 e. The number of nitrogens with one attached hydrogen (secondary N) is 1. The molecule has 0 bridgehead atoms. The molecule has 0 spiro atoms. The Balaban J connectivity index is 2.59. The smallest absolute Gasteiger partial charge is 0.232 e. The first-order valence-corrected chi connectivity index (χ1v) is 5.13. The lowest BCUT2D eigenvalue weighted by atomic mass is 9.97. The molecule has 5 N–H and O–H groups in total. The molecule has 0 aromatic carbocycles. The second kappa shape index (κ2) is 6.61. The molecule has 10 nitrogen and oxygen atoms in total. The van der Waals surface area contributed by atoms with Gasteiger partial charge in [0.2, 0.25) is 5.91 Å². The molecular weight excluding hydrogens is 248 g/mol. The number of rotatable bonds is 4. The molecule has 0 radical (unpaired) electrons. The average Bonchev–Trinajstić information content (AvgIpc) is 2.34. The van der Waals surface area contributed by atoms with Crippen LogP contribution in [-0.2, 0) is 9.53 Å². The molecular formula is C8H14N4O6. The predicted octanol–water partition coefficient (Wildman–Crippen LogP) is -2.79. The number of carbonyl (C=O) groups excluding carboxylic acids is 1. The van der Waals surface area contributed by atoms with Gasteiger partial charge in [-0.2, -0.15) is 0 Å². The molecule has 10 heteroatoms. The van der Waals surface area contributed by atoms with Crippen LogP contribution in [0.4, 0.5) is 0 Å².